The van der Waals surface area contributed by atoms with E-state index in [1.54, 1.807) is 0 Å². The second kappa shape index (κ2) is 28.5. The van der Waals surface area contributed by atoms with Crippen LogP contribution in [0, 0.1) is 0 Å². The van der Waals surface area contributed by atoms with Crippen LogP contribution in [0.1, 0.15) is 301 Å². The van der Waals surface area contributed by atoms with Gasteiger partial charge < -0.3 is 10.6 Å². The number of nitrogens with one attached hydrogen (secondary N) is 2. The normalized spacial score (nSPS) is 14.1. The first-order chi connectivity index (χ1) is 37.8. The lowest BCUT2D eigenvalue weighted by Crippen LogP contribution is -2.46. The Bertz CT molecular complexity index is 2490. The summed E-state index contributed by atoms with van der Waals surface area (Å²) in [4.78, 5) is 83.7. The third kappa shape index (κ3) is 17.6. The van der Waals surface area contributed by atoms with E-state index in [1.807, 2.05) is 24.3 Å². The molecule has 0 bridgehead atoms. The Hall–Kier alpha value is -5.38. The molecule has 4 aromatic carbocycles. The lowest BCUT2D eigenvalue weighted by molar-refractivity contribution is -0.122. The van der Waals surface area contributed by atoms with Crippen LogP contribution in [0.4, 0.5) is 0 Å². The van der Waals surface area contributed by atoms with Crippen LogP contribution in [-0.4, -0.2) is 71.4 Å². The maximum absolute atomic E-state index is 13.8. The molecule has 0 fully saturated rings. The molecular formula is C70H102N4O6. The summed E-state index contributed by atoms with van der Waals surface area (Å²) in [5.41, 5.74) is 5.37. The van der Waals surface area contributed by atoms with Gasteiger partial charge in [-0.25, -0.2) is 0 Å². The number of imide groups is 2. The molecule has 2 heterocycles. The fourth-order valence-electron chi connectivity index (χ4n) is 11.5. The topological polar surface area (TPSA) is 133 Å². The van der Waals surface area contributed by atoms with Crippen LogP contribution in [0.5, 0.6) is 0 Å². The number of carbonyl (C=O) groups excluding carboxylic acids is 6. The molecule has 0 spiro atoms. The molecule has 10 nitrogen and oxygen atoms in total. The number of amides is 6. The smallest absolute Gasteiger partial charge is 0.261 e. The molecule has 0 unspecified atom stereocenters. The molecule has 0 aromatic heterocycles. The zero-order valence-corrected chi connectivity index (χ0v) is 51.8. The predicted octanol–water partition coefficient (Wildman–Crippen LogP) is 16.7. The van der Waals surface area contributed by atoms with Crippen LogP contribution in [0.3, 0.4) is 0 Å². The van der Waals surface area contributed by atoms with Gasteiger partial charge >= 0.3 is 0 Å². The van der Waals surface area contributed by atoms with Crippen LogP contribution >= 0.6 is 0 Å². The highest BCUT2D eigenvalue weighted by Gasteiger charge is 2.38. The average Bonchev–Trinajstić information content (AvgIpc) is 3.38. The molecule has 0 atom stereocenters. The van der Waals surface area contributed by atoms with Gasteiger partial charge in [-0.2, -0.15) is 0 Å². The quantitative estimate of drug-likeness (QED) is 0.0381. The molecule has 80 heavy (non-hydrogen) atoms. The van der Waals surface area contributed by atoms with Gasteiger partial charge in [-0.05, 0) is 91.8 Å². The molecule has 2 aliphatic rings. The molecular weight excluding hydrogens is 993 g/mol. The van der Waals surface area contributed by atoms with Crippen LogP contribution < -0.4 is 10.6 Å². The maximum Gasteiger partial charge on any atom is 0.261 e. The molecule has 6 rings (SSSR count). The van der Waals surface area contributed by atoms with Gasteiger partial charge in [0.15, 0.2) is 0 Å². The van der Waals surface area contributed by atoms with Crippen molar-refractivity contribution in [3.63, 3.8) is 0 Å². The summed E-state index contributed by atoms with van der Waals surface area (Å²) in [5, 5.41) is 9.13. The molecule has 4 aromatic rings. The number of hydrogen-bond donors (Lipinski definition) is 2. The minimum atomic E-state index is -0.397. The van der Waals surface area contributed by atoms with Crippen molar-refractivity contribution in [3.8, 4) is 0 Å². The zero-order chi connectivity index (χ0) is 58.4. The third-order valence-corrected chi connectivity index (χ3v) is 16.8. The summed E-state index contributed by atoms with van der Waals surface area (Å²) in [6.45, 7) is 26.0. The molecule has 10 heteroatoms. The number of rotatable bonds is 31. The van der Waals surface area contributed by atoms with Gasteiger partial charge in [-0.15, -0.1) is 0 Å². The van der Waals surface area contributed by atoms with E-state index in [0.717, 1.165) is 81.4 Å². The fourth-order valence-corrected chi connectivity index (χ4v) is 11.5. The van der Waals surface area contributed by atoms with Crippen LogP contribution in [0.15, 0.2) is 48.5 Å². The second-order valence-corrected chi connectivity index (χ2v) is 27.9. The van der Waals surface area contributed by atoms with E-state index in [2.05, 4.69) is 118 Å². The van der Waals surface area contributed by atoms with Crippen LogP contribution in [-0.2, 0) is 31.2 Å². The minimum Gasteiger partial charge on any atom is -0.355 e. The molecule has 2 N–H and O–H groups in total. The number of nitrogens with zero attached hydrogens (tertiary/aromatic N) is 2. The SMILES string of the molecule is CC(C)(C)c1cc2c3c(cc(C(C)(C)C)cc3c1)C(=O)N(CC(=O)NCCCCCCCCCCCCCCCCCCCCCCCCCCNC(=O)CN1C(=O)c3cc(C(C)(C)C)cc4cc(C(C)(C)C)cc(c34)C1=O)C2=O. The Morgan fingerprint density at radius 3 is 0.688 bits per heavy atom. The molecule has 438 valence electrons. The summed E-state index contributed by atoms with van der Waals surface area (Å²) < 4.78 is 0. The Labute approximate surface area is 482 Å². The van der Waals surface area contributed by atoms with Gasteiger partial charge in [0, 0.05) is 46.1 Å². The van der Waals surface area contributed by atoms with Gasteiger partial charge in [0.25, 0.3) is 23.6 Å². The predicted molar refractivity (Wildman–Crippen MR) is 330 cm³/mol. The third-order valence-electron chi connectivity index (χ3n) is 16.8. The highest BCUT2D eigenvalue weighted by atomic mass is 16.2. The van der Waals surface area contributed by atoms with Gasteiger partial charge in [0.2, 0.25) is 11.8 Å². The first-order valence-corrected chi connectivity index (χ1v) is 31.3. The van der Waals surface area contributed by atoms with Crippen molar-refractivity contribution in [2.24, 2.45) is 0 Å². The summed E-state index contributed by atoms with van der Waals surface area (Å²) in [6, 6.07) is 16.1. The summed E-state index contributed by atoms with van der Waals surface area (Å²) in [5.74, 6) is -2.18. The number of hydrogen-bond acceptors (Lipinski definition) is 6. The first kappa shape index (κ1) is 63.8. The second-order valence-electron chi connectivity index (χ2n) is 27.9. The summed E-state index contributed by atoms with van der Waals surface area (Å²) in [7, 11) is 0. The van der Waals surface area contributed by atoms with Gasteiger partial charge in [-0.3, -0.25) is 38.6 Å². The van der Waals surface area contributed by atoms with E-state index in [9.17, 15) is 28.8 Å². The Balaban J connectivity index is 0.702. The Kier molecular flexibility index (Phi) is 22.8. The Morgan fingerprint density at radius 1 is 0.312 bits per heavy atom. The van der Waals surface area contributed by atoms with Crippen molar-refractivity contribution < 1.29 is 28.8 Å². The molecule has 0 saturated heterocycles. The number of benzene rings is 4. The first-order valence-electron chi connectivity index (χ1n) is 31.3. The lowest BCUT2D eigenvalue weighted by atomic mass is 9.79. The summed E-state index contributed by atoms with van der Waals surface area (Å²) in [6.07, 6.45) is 29.9. The number of unbranched alkanes of at least 4 members (excludes halogenated alkanes) is 23. The van der Waals surface area contributed by atoms with Crippen molar-refractivity contribution in [1.29, 1.82) is 0 Å². The van der Waals surface area contributed by atoms with E-state index in [0.29, 0.717) is 46.1 Å². The molecule has 6 amide bonds. The average molecular weight is 1100 g/mol. The van der Waals surface area contributed by atoms with E-state index >= 15 is 0 Å². The maximum atomic E-state index is 13.8. The van der Waals surface area contributed by atoms with Gasteiger partial charge in [0.05, 0.1) is 0 Å². The fraction of sp³-hybridized carbons (Fsp3) is 0.629. The van der Waals surface area contributed by atoms with E-state index < -0.39 is 23.6 Å². The molecule has 0 aliphatic carbocycles. The van der Waals surface area contributed by atoms with Gasteiger partial charge in [0.1, 0.15) is 13.1 Å². The van der Waals surface area contributed by atoms with Crippen LogP contribution in [0.25, 0.3) is 21.5 Å². The van der Waals surface area contributed by atoms with Crippen molar-refractivity contribution in [1.82, 2.24) is 20.4 Å². The standard InChI is InChI=1S/C70H102N4O6/c1-67(2,3)51-39-49-40-52(68(4,5)6)44-56-61(49)55(43-51)63(77)73(64(56)78)47-59(75)71-37-35-33-31-29-27-25-23-21-19-17-15-13-14-16-18-20-22-24-26-28-30-32-34-36-38-72-60(76)48-74-65(79)57-45-53(69(7,8)9)41-50-42-54(70(10,11)12)46-58(62(50)57)66(74)80/h39-46H,13-38,47-48H2,1-12H3,(H,71,75)(H,72,76). The lowest BCUT2D eigenvalue weighted by Gasteiger charge is -2.31. The highest BCUT2D eigenvalue weighted by molar-refractivity contribution is 6.27. The van der Waals surface area contributed by atoms with E-state index in [1.165, 1.54) is 116 Å². The van der Waals surface area contributed by atoms with E-state index in [4.69, 9.17) is 0 Å². The highest BCUT2D eigenvalue weighted by Crippen LogP contribution is 2.40. The minimum absolute atomic E-state index is 0.187. The van der Waals surface area contributed by atoms with Crippen molar-refractivity contribution in [3.05, 3.63) is 93.0 Å². The monoisotopic (exact) mass is 1090 g/mol. The van der Waals surface area contributed by atoms with Crippen molar-refractivity contribution in [2.45, 2.75) is 259 Å². The molecule has 0 radical (unpaired) electrons. The summed E-state index contributed by atoms with van der Waals surface area (Å²) >= 11 is 0. The largest absolute Gasteiger partial charge is 0.355 e. The Morgan fingerprint density at radius 2 is 0.500 bits per heavy atom. The zero-order valence-electron chi connectivity index (χ0n) is 51.8. The van der Waals surface area contributed by atoms with Gasteiger partial charge in [-0.1, -0.05) is 249 Å². The van der Waals surface area contributed by atoms with E-state index in [-0.39, 0.29) is 46.6 Å². The molecule has 0 saturated carbocycles. The molecule has 2 aliphatic heterocycles. The number of carbonyl (C=O) groups is 6. The van der Waals surface area contributed by atoms with Crippen molar-refractivity contribution >= 4 is 57.0 Å². The van der Waals surface area contributed by atoms with Crippen molar-refractivity contribution in [2.75, 3.05) is 26.2 Å². The van der Waals surface area contributed by atoms with Crippen LogP contribution in [0.2, 0.25) is 0 Å².